The van der Waals surface area contributed by atoms with Crippen molar-refractivity contribution < 1.29 is 19.0 Å². The third kappa shape index (κ3) is 8.95. The molecule has 0 spiro atoms. The molecule has 0 rings (SSSR count). The summed E-state index contributed by atoms with van der Waals surface area (Å²) in [5, 5.41) is 2.83. The fourth-order valence-corrected chi connectivity index (χ4v) is 0.600. The van der Waals surface area contributed by atoms with Crippen LogP contribution in [0, 0.1) is 0 Å². The van der Waals surface area contributed by atoms with Crippen LogP contribution in [0.2, 0.25) is 0 Å². The number of amides is 1. The summed E-state index contributed by atoms with van der Waals surface area (Å²) in [6, 6.07) is 0. The van der Waals surface area contributed by atoms with Gasteiger partial charge in [-0.1, -0.05) is 0 Å². The molecule has 0 N–H and O–H groups in total. The molecule has 0 aliphatic rings. The zero-order valence-electron chi connectivity index (χ0n) is 8.01. The molecule has 0 unspecified atom stereocenters. The minimum Gasteiger partial charge on any atom is -0.382 e. The predicted octanol–water partition coefficient (Wildman–Crippen LogP) is 0.503. The largest absolute Gasteiger partial charge is 0.382 e. The Kier molecular flexibility index (Phi) is 9.13. The molecule has 0 bridgehead atoms. The van der Waals surface area contributed by atoms with E-state index >= 15 is 0 Å². The summed E-state index contributed by atoms with van der Waals surface area (Å²) in [7, 11) is 1.58. The molecular formula is C7H13N3O4. The molecule has 0 saturated carbocycles. The van der Waals surface area contributed by atoms with E-state index < -0.39 is 5.91 Å². The fourth-order valence-electron chi connectivity index (χ4n) is 0.600. The van der Waals surface area contributed by atoms with Gasteiger partial charge in [-0.3, -0.25) is 4.79 Å². The van der Waals surface area contributed by atoms with Crippen molar-refractivity contribution in [1.29, 1.82) is 0 Å². The van der Waals surface area contributed by atoms with E-state index in [2.05, 4.69) is 10.0 Å². The van der Waals surface area contributed by atoms with Gasteiger partial charge < -0.3 is 14.2 Å². The van der Waals surface area contributed by atoms with Crippen molar-refractivity contribution in [3.8, 4) is 0 Å². The SMILES string of the molecule is COCCOCCOCC(=O)N=[N+]=[N-]. The summed E-state index contributed by atoms with van der Waals surface area (Å²) < 4.78 is 14.6. The highest BCUT2D eigenvalue weighted by atomic mass is 16.5. The molecule has 80 valence electrons. The molecule has 0 radical (unpaired) electrons. The minimum absolute atomic E-state index is 0.211. The van der Waals surface area contributed by atoms with Crippen LogP contribution >= 0.6 is 0 Å². The van der Waals surface area contributed by atoms with E-state index in [-0.39, 0.29) is 13.2 Å². The van der Waals surface area contributed by atoms with Gasteiger partial charge >= 0.3 is 0 Å². The van der Waals surface area contributed by atoms with Gasteiger partial charge in [0.2, 0.25) is 5.91 Å². The Morgan fingerprint density at radius 1 is 1.29 bits per heavy atom. The number of carbonyl (C=O) groups is 1. The van der Waals surface area contributed by atoms with Crippen LogP contribution in [0.15, 0.2) is 5.11 Å². The zero-order valence-corrected chi connectivity index (χ0v) is 8.01. The molecule has 0 fully saturated rings. The van der Waals surface area contributed by atoms with Crippen LogP contribution in [-0.4, -0.2) is 46.1 Å². The highest BCUT2D eigenvalue weighted by Gasteiger charge is 1.96. The number of nitrogens with zero attached hydrogens (tertiary/aromatic N) is 3. The monoisotopic (exact) mass is 203 g/mol. The first-order chi connectivity index (χ1) is 6.81. The Hall–Kier alpha value is -1.14. The van der Waals surface area contributed by atoms with Crippen molar-refractivity contribution >= 4 is 5.91 Å². The maximum atomic E-state index is 10.6. The van der Waals surface area contributed by atoms with Gasteiger partial charge in [-0.25, -0.2) is 0 Å². The third-order valence-corrected chi connectivity index (χ3v) is 1.19. The lowest BCUT2D eigenvalue weighted by molar-refractivity contribution is -0.123. The summed E-state index contributed by atoms with van der Waals surface area (Å²) >= 11 is 0. The number of methoxy groups -OCH3 is 1. The molecule has 14 heavy (non-hydrogen) atoms. The molecule has 0 aliphatic carbocycles. The Morgan fingerprint density at radius 3 is 2.57 bits per heavy atom. The first-order valence-electron chi connectivity index (χ1n) is 4.03. The second kappa shape index (κ2) is 9.94. The molecule has 0 atom stereocenters. The van der Waals surface area contributed by atoms with Gasteiger partial charge in [-0.15, -0.1) is 0 Å². The average molecular weight is 203 g/mol. The molecule has 0 aromatic heterocycles. The van der Waals surface area contributed by atoms with Crippen LogP contribution in [0.4, 0.5) is 0 Å². The Balaban J connectivity index is 3.13. The molecule has 0 heterocycles. The Labute approximate surface area is 81.6 Å². The van der Waals surface area contributed by atoms with Crippen molar-refractivity contribution in [2.75, 3.05) is 40.1 Å². The van der Waals surface area contributed by atoms with Crippen molar-refractivity contribution in [2.45, 2.75) is 0 Å². The van der Waals surface area contributed by atoms with Gasteiger partial charge in [0.25, 0.3) is 0 Å². The Bertz CT molecular complexity index is 203. The highest BCUT2D eigenvalue weighted by molar-refractivity contribution is 5.77. The number of rotatable bonds is 8. The minimum atomic E-state index is -0.635. The van der Waals surface area contributed by atoms with Crippen LogP contribution in [0.5, 0.6) is 0 Å². The van der Waals surface area contributed by atoms with Gasteiger partial charge in [0, 0.05) is 12.0 Å². The lowest BCUT2D eigenvalue weighted by atomic mass is 10.6. The topological polar surface area (TPSA) is 93.5 Å². The van der Waals surface area contributed by atoms with E-state index in [0.717, 1.165) is 0 Å². The number of azide groups is 1. The molecular weight excluding hydrogens is 190 g/mol. The van der Waals surface area contributed by atoms with E-state index in [0.29, 0.717) is 19.8 Å². The first-order valence-corrected chi connectivity index (χ1v) is 4.03. The summed E-state index contributed by atoms with van der Waals surface area (Å²) in [6.45, 7) is 1.48. The second-order valence-corrected chi connectivity index (χ2v) is 2.24. The van der Waals surface area contributed by atoms with Crippen LogP contribution in [-0.2, 0) is 19.0 Å². The molecule has 0 saturated heterocycles. The predicted molar refractivity (Wildman–Crippen MR) is 47.7 cm³/mol. The van der Waals surface area contributed by atoms with Crippen molar-refractivity contribution in [3.63, 3.8) is 0 Å². The van der Waals surface area contributed by atoms with E-state index in [1.54, 1.807) is 7.11 Å². The summed E-state index contributed by atoms with van der Waals surface area (Å²) in [4.78, 5) is 12.9. The van der Waals surface area contributed by atoms with Crippen LogP contribution in [0.25, 0.3) is 10.4 Å². The zero-order chi connectivity index (χ0) is 10.6. The number of carbonyl (C=O) groups excluding carboxylic acids is 1. The van der Waals surface area contributed by atoms with E-state index in [4.69, 9.17) is 19.7 Å². The van der Waals surface area contributed by atoms with Gasteiger partial charge in [0.15, 0.2) is 0 Å². The molecule has 0 aliphatic heterocycles. The maximum Gasteiger partial charge on any atom is 0.244 e. The first kappa shape index (κ1) is 12.9. The van der Waals surface area contributed by atoms with Crippen LogP contribution < -0.4 is 0 Å². The normalized spacial score (nSPS) is 9.50. The van der Waals surface area contributed by atoms with E-state index in [1.165, 1.54) is 0 Å². The summed E-state index contributed by atoms with van der Waals surface area (Å²) in [5.74, 6) is -0.635. The maximum absolute atomic E-state index is 10.6. The molecule has 0 aromatic carbocycles. The Morgan fingerprint density at radius 2 is 1.93 bits per heavy atom. The second-order valence-electron chi connectivity index (χ2n) is 2.24. The standard InChI is InChI=1S/C7H13N3O4/c1-12-2-3-13-4-5-14-6-7(11)9-10-8/h2-6H2,1H3. The molecule has 7 heteroatoms. The number of hydrogen-bond acceptors (Lipinski definition) is 4. The number of hydrogen-bond donors (Lipinski definition) is 0. The molecule has 7 nitrogen and oxygen atoms in total. The third-order valence-electron chi connectivity index (χ3n) is 1.19. The van der Waals surface area contributed by atoms with Crippen molar-refractivity contribution in [1.82, 2.24) is 0 Å². The lowest BCUT2D eigenvalue weighted by Gasteiger charge is -2.03. The molecule has 0 aromatic rings. The lowest BCUT2D eigenvalue weighted by Crippen LogP contribution is -2.11. The van der Waals surface area contributed by atoms with Crippen molar-refractivity contribution in [3.05, 3.63) is 10.4 Å². The average Bonchev–Trinajstić information content (AvgIpc) is 2.17. The van der Waals surface area contributed by atoms with E-state index in [1.807, 2.05) is 0 Å². The molecule has 1 amide bonds. The van der Waals surface area contributed by atoms with Gasteiger partial charge in [0.05, 0.1) is 26.4 Å². The summed E-state index contributed by atoms with van der Waals surface area (Å²) in [6.07, 6.45) is 0. The van der Waals surface area contributed by atoms with Gasteiger partial charge in [0.1, 0.15) is 6.61 Å². The quantitative estimate of drug-likeness (QED) is 0.248. The summed E-state index contributed by atoms with van der Waals surface area (Å²) in [5.41, 5.74) is 7.88. The van der Waals surface area contributed by atoms with Gasteiger partial charge in [-0.2, -0.15) is 0 Å². The van der Waals surface area contributed by atoms with Gasteiger partial charge in [-0.05, 0) is 10.6 Å². The smallest absolute Gasteiger partial charge is 0.244 e. The number of ether oxygens (including phenoxy) is 3. The van der Waals surface area contributed by atoms with Crippen LogP contribution in [0.3, 0.4) is 0 Å². The van der Waals surface area contributed by atoms with E-state index in [9.17, 15) is 4.79 Å². The fraction of sp³-hybridized carbons (Fsp3) is 0.857. The highest BCUT2D eigenvalue weighted by Crippen LogP contribution is 1.82. The van der Waals surface area contributed by atoms with Crippen molar-refractivity contribution in [2.24, 2.45) is 5.11 Å². The van der Waals surface area contributed by atoms with Crippen LogP contribution in [0.1, 0.15) is 0 Å².